The van der Waals surface area contributed by atoms with Gasteiger partial charge in [-0.05, 0) is 24.5 Å². The molecule has 1 aliphatic carbocycles. The number of carbonyl (C=O) groups excluding carboxylic acids is 2. The number of nitrogens with zero attached hydrogens (tertiary/aromatic N) is 1. The van der Waals surface area contributed by atoms with E-state index in [0.717, 1.165) is 5.56 Å². The summed E-state index contributed by atoms with van der Waals surface area (Å²) >= 11 is 0. The van der Waals surface area contributed by atoms with E-state index in [1.165, 1.54) is 23.9 Å². The Kier molecular flexibility index (Phi) is 5.58. The molecule has 0 radical (unpaired) electrons. The van der Waals surface area contributed by atoms with Gasteiger partial charge in [0.25, 0.3) is 17.4 Å². The summed E-state index contributed by atoms with van der Waals surface area (Å²) in [7, 11) is 1.41. The predicted molar refractivity (Wildman–Crippen MR) is 101 cm³/mol. The van der Waals surface area contributed by atoms with Gasteiger partial charge < -0.3 is 20.3 Å². The van der Waals surface area contributed by atoms with Gasteiger partial charge in [-0.2, -0.15) is 0 Å². The molecule has 0 spiro atoms. The van der Waals surface area contributed by atoms with Gasteiger partial charge in [0, 0.05) is 19.3 Å². The molecular weight excluding hydrogens is 362 g/mol. The van der Waals surface area contributed by atoms with Gasteiger partial charge in [-0.1, -0.05) is 30.3 Å². The zero-order chi connectivity index (χ0) is 20.3. The molecule has 8 nitrogen and oxygen atoms in total. The molecule has 146 valence electrons. The van der Waals surface area contributed by atoms with Crippen LogP contribution in [0, 0.1) is 5.92 Å². The van der Waals surface area contributed by atoms with Crippen LogP contribution in [0.5, 0.6) is 0 Å². The Labute approximate surface area is 161 Å². The van der Waals surface area contributed by atoms with Gasteiger partial charge >= 0.3 is 5.97 Å². The number of rotatable bonds is 6. The van der Waals surface area contributed by atoms with Gasteiger partial charge in [-0.3, -0.25) is 19.2 Å². The number of nitrogens with one attached hydrogen (secondary N) is 2. The van der Waals surface area contributed by atoms with E-state index in [-0.39, 0.29) is 23.7 Å². The standard InChI is InChI=1S/C20H21N3O5/c1-21-18(25)16-9-14(17(24)22-15-7-13(8-15)20(27)28)11-23(19(16)26)10-12-5-3-2-4-6-12/h2-6,9,11,13,15H,7-8,10H2,1H3,(H,21,25)(H,22,24)(H,27,28). The maximum Gasteiger partial charge on any atom is 0.306 e. The third-order valence-corrected chi connectivity index (χ3v) is 4.84. The number of carboxylic acids is 1. The minimum atomic E-state index is -0.871. The van der Waals surface area contributed by atoms with Crippen LogP contribution in [0.1, 0.15) is 39.1 Å². The predicted octanol–water partition coefficient (Wildman–Crippen LogP) is 0.849. The van der Waals surface area contributed by atoms with Crippen molar-refractivity contribution in [1.29, 1.82) is 0 Å². The van der Waals surface area contributed by atoms with E-state index in [1.54, 1.807) is 0 Å². The summed E-state index contributed by atoms with van der Waals surface area (Å²) in [5, 5.41) is 14.1. The van der Waals surface area contributed by atoms with Crippen LogP contribution in [0.2, 0.25) is 0 Å². The molecule has 2 aromatic rings. The lowest BCUT2D eigenvalue weighted by atomic mass is 9.80. The van der Waals surface area contributed by atoms with Crippen molar-refractivity contribution in [2.75, 3.05) is 7.05 Å². The van der Waals surface area contributed by atoms with Gasteiger partial charge in [0.15, 0.2) is 0 Å². The number of pyridine rings is 1. The summed E-state index contributed by atoms with van der Waals surface area (Å²) < 4.78 is 1.33. The number of benzene rings is 1. The first-order valence-corrected chi connectivity index (χ1v) is 8.93. The van der Waals surface area contributed by atoms with E-state index >= 15 is 0 Å². The molecule has 0 unspecified atom stereocenters. The quantitative estimate of drug-likeness (QED) is 0.684. The zero-order valence-electron chi connectivity index (χ0n) is 15.3. The third kappa shape index (κ3) is 4.11. The van der Waals surface area contributed by atoms with Crippen molar-refractivity contribution in [3.63, 3.8) is 0 Å². The van der Waals surface area contributed by atoms with Gasteiger partial charge in [-0.25, -0.2) is 0 Å². The monoisotopic (exact) mass is 383 g/mol. The molecule has 3 rings (SSSR count). The summed E-state index contributed by atoms with van der Waals surface area (Å²) in [5.74, 6) is -2.33. The van der Waals surface area contributed by atoms with Crippen LogP contribution in [0.3, 0.4) is 0 Å². The molecule has 28 heavy (non-hydrogen) atoms. The highest BCUT2D eigenvalue weighted by atomic mass is 16.4. The van der Waals surface area contributed by atoms with Crippen LogP contribution < -0.4 is 16.2 Å². The summed E-state index contributed by atoms with van der Waals surface area (Å²) in [5.41, 5.74) is 0.415. The zero-order valence-corrected chi connectivity index (χ0v) is 15.3. The molecule has 8 heteroatoms. The van der Waals surface area contributed by atoms with Crippen LogP contribution in [-0.4, -0.2) is 40.5 Å². The van der Waals surface area contributed by atoms with E-state index in [0.29, 0.717) is 12.8 Å². The van der Waals surface area contributed by atoms with Gasteiger partial charge in [0.05, 0.1) is 18.0 Å². The molecule has 3 N–H and O–H groups in total. The minimum absolute atomic E-state index is 0.122. The Hall–Kier alpha value is -3.42. The van der Waals surface area contributed by atoms with Crippen molar-refractivity contribution in [2.45, 2.75) is 25.4 Å². The fourth-order valence-electron chi connectivity index (χ4n) is 3.16. The van der Waals surface area contributed by atoms with Crippen molar-refractivity contribution in [2.24, 2.45) is 5.92 Å². The number of hydrogen-bond donors (Lipinski definition) is 3. The smallest absolute Gasteiger partial charge is 0.306 e. The van der Waals surface area contributed by atoms with Crippen LogP contribution in [-0.2, 0) is 11.3 Å². The summed E-state index contributed by atoms with van der Waals surface area (Å²) in [6.07, 6.45) is 2.16. The molecule has 0 atom stereocenters. The topological polar surface area (TPSA) is 118 Å². The molecule has 2 amide bonds. The number of amides is 2. The number of aromatic nitrogens is 1. The lowest BCUT2D eigenvalue weighted by Gasteiger charge is -2.32. The number of carbonyl (C=O) groups is 3. The molecule has 0 aliphatic heterocycles. The lowest BCUT2D eigenvalue weighted by molar-refractivity contribution is -0.145. The van der Waals surface area contributed by atoms with Gasteiger partial charge in [0.1, 0.15) is 5.56 Å². The Morgan fingerprint density at radius 2 is 1.82 bits per heavy atom. The molecule has 0 bridgehead atoms. The molecule has 1 fully saturated rings. The summed E-state index contributed by atoms with van der Waals surface area (Å²) in [4.78, 5) is 48.3. The normalized spacial score (nSPS) is 18.0. The third-order valence-electron chi connectivity index (χ3n) is 4.84. The van der Waals surface area contributed by atoms with E-state index in [1.807, 2.05) is 30.3 Å². The van der Waals surface area contributed by atoms with Crippen LogP contribution in [0.4, 0.5) is 0 Å². The summed E-state index contributed by atoms with van der Waals surface area (Å²) in [6, 6.07) is 10.3. The highest BCUT2D eigenvalue weighted by Crippen LogP contribution is 2.27. The highest BCUT2D eigenvalue weighted by Gasteiger charge is 2.35. The first-order chi connectivity index (χ1) is 13.4. The van der Waals surface area contributed by atoms with Crippen LogP contribution >= 0.6 is 0 Å². The molecule has 0 saturated heterocycles. The largest absolute Gasteiger partial charge is 0.481 e. The maximum absolute atomic E-state index is 12.7. The Bertz CT molecular complexity index is 962. The Balaban J connectivity index is 1.86. The number of hydrogen-bond acceptors (Lipinski definition) is 4. The summed E-state index contributed by atoms with van der Waals surface area (Å²) in [6.45, 7) is 0.218. The van der Waals surface area contributed by atoms with E-state index < -0.39 is 29.3 Å². The first kappa shape index (κ1) is 19.3. The molecule has 1 aromatic heterocycles. The average molecular weight is 383 g/mol. The second kappa shape index (κ2) is 8.08. The fourth-order valence-corrected chi connectivity index (χ4v) is 3.16. The van der Waals surface area contributed by atoms with Crippen molar-refractivity contribution < 1.29 is 19.5 Å². The average Bonchev–Trinajstić information content (AvgIpc) is 2.65. The molecule has 1 saturated carbocycles. The van der Waals surface area contributed by atoms with Gasteiger partial charge in [-0.15, -0.1) is 0 Å². The van der Waals surface area contributed by atoms with Crippen molar-refractivity contribution in [3.8, 4) is 0 Å². The SMILES string of the molecule is CNC(=O)c1cc(C(=O)NC2CC(C(=O)O)C2)cn(Cc2ccccc2)c1=O. The maximum atomic E-state index is 12.7. The Morgan fingerprint density at radius 1 is 1.14 bits per heavy atom. The molecular formula is C20H21N3O5. The number of aliphatic carboxylic acids is 1. The van der Waals surface area contributed by atoms with E-state index in [2.05, 4.69) is 10.6 Å². The highest BCUT2D eigenvalue weighted by molar-refractivity contribution is 5.99. The Morgan fingerprint density at radius 3 is 2.43 bits per heavy atom. The van der Waals surface area contributed by atoms with E-state index in [9.17, 15) is 19.2 Å². The second-order valence-corrected chi connectivity index (χ2v) is 6.82. The lowest BCUT2D eigenvalue weighted by Crippen LogP contribution is -2.47. The van der Waals surface area contributed by atoms with Crippen molar-refractivity contribution in [3.05, 3.63) is 69.6 Å². The van der Waals surface area contributed by atoms with Crippen LogP contribution in [0.25, 0.3) is 0 Å². The molecule has 1 heterocycles. The molecule has 1 aromatic carbocycles. The van der Waals surface area contributed by atoms with Gasteiger partial charge in [0.2, 0.25) is 0 Å². The van der Waals surface area contributed by atoms with E-state index in [4.69, 9.17) is 5.11 Å². The second-order valence-electron chi connectivity index (χ2n) is 6.82. The molecule has 1 aliphatic rings. The minimum Gasteiger partial charge on any atom is -0.481 e. The van der Waals surface area contributed by atoms with Crippen molar-refractivity contribution in [1.82, 2.24) is 15.2 Å². The first-order valence-electron chi connectivity index (χ1n) is 8.93. The number of carboxylic acid groups (broad SMARTS) is 1. The fraction of sp³-hybridized carbons (Fsp3) is 0.300. The van der Waals surface area contributed by atoms with Crippen LogP contribution in [0.15, 0.2) is 47.4 Å². The van der Waals surface area contributed by atoms with Crippen molar-refractivity contribution >= 4 is 17.8 Å².